The first-order chi connectivity index (χ1) is 12.1. The van der Waals surface area contributed by atoms with Crippen LogP contribution in [0.5, 0.6) is 5.75 Å². The van der Waals surface area contributed by atoms with Gasteiger partial charge in [-0.3, -0.25) is 4.79 Å². The van der Waals surface area contributed by atoms with E-state index in [1.165, 1.54) is 18.3 Å². The van der Waals surface area contributed by atoms with Crippen LogP contribution < -0.4 is 9.64 Å². The van der Waals surface area contributed by atoms with Gasteiger partial charge in [0.2, 0.25) is 11.7 Å². The molecule has 0 spiro atoms. The van der Waals surface area contributed by atoms with Crippen molar-refractivity contribution in [3.63, 3.8) is 0 Å². The highest BCUT2D eigenvalue weighted by atomic mass is 16.6. The topological polar surface area (TPSA) is 115 Å². The number of piperazine rings is 1. The zero-order chi connectivity index (χ0) is 17.6. The van der Waals surface area contributed by atoms with Crippen molar-refractivity contribution in [2.75, 3.05) is 37.7 Å². The molecular weight excluding hydrogens is 328 g/mol. The van der Waals surface area contributed by atoms with E-state index in [1.807, 2.05) is 4.90 Å². The van der Waals surface area contributed by atoms with E-state index in [2.05, 4.69) is 15.0 Å². The number of hydrogen-bond donors (Lipinski definition) is 0. The van der Waals surface area contributed by atoms with E-state index in [-0.39, 0.29) is 18.3 Å². The summed E-state index contributed by atoms with van der Waals surface area (Å²) < 4.78 is 5.29. The molecule has 0 N–H and O–H groups in total. The molecule has 0 bridgehead atoms. The summed E-state index contributed by atoms with van der Waals surface area (Å²) in [4.78, 5) is 38.2. The van der Waals surface area contributed by atoms with Crippen LogP contribution in [0.25, 0.3) is 0 Å². The lowest BCUT2D eigenvalue weighted by atomic mass is 10.3. The van der Waals surface area contributed by atoms with E-state index < -0.39 is 10.7 Å². The summed E-state index contributed by atoms with van der Waals surface area (Å²) in [5.41, 5.74) is 0. The highest BCUT2D eigenvalue weighted by Gasteiger charge is 2.24. The SMILES string of the molecule is O=C(COc1cccnc1[N+](=O)[O-])N1CCN(c2ncccn2)CC1. The van der Waals surface area contributed by atoms with E-state index in [4.69, 9.17) is 4.74 Å². The first kappa shape index (κ1) is 16.6. The molecule has 0 radical (unpaired) electrons. The average molecular weight is 344 g/mol. The highest BCUT2D eigenvalue weighted by Crippen LogP contribution is 2.22. The average Bonchev–Trinajstić information content (AvgIpc) is 2.67. The van der Waals surface area contributed by atoms with Crippen molar-refractivity contribution in [2.24, 2.45) is 0 Å². The Morgan fingerprint density at radius 3 is 2.48 bits per heavy atom. The van der Waals surface area contributed by atoms with Crippen molar-refractivity contribution in [2.45, 2.75) is 0 Å². The summed E-state index contributed by atoms with van der Waals surface area (Å²) in [7, 11) is 0. The Labute approximate surface area is 143 Å². The second kappa shape index (κ2) is 7.51. The fourth-order valence-electron chi connectivity index (χ4n) is 2.47. The third-order valence-electron chi connectivity index (χ3n) is 3.74. The van der Waals surface area contributed by atoms with Crippen LogP contribution in [-0.2, 0) is 4.79 Å². The number of carbonyl (C=O) groups excluding carboxylic acids is 1. The Morgan fingerprint density at radius 2 is 1.80 bits per heavy atom. The summed E-state index contributed by atoms with van der Waals surface area (Å²) in [5, 5.41) is 10.9. The van der Waals surface area contributed by atoms with Crippen LogP contribution in [0.3, 0.4) is 0 Å². The van der Waals surface area contributed by atoms with Crippen molar-refractivity contribution >= 4 is 17.7 Å². The Bertz CT molecular complexity index is 749. The minimum absolute atomic E-state index is 0.0165. The third-order valence-corrected chi connectivity index (χ3v) is 3.74. The Hall–Kier alpha value is -3.30. The molecule has 0 aliphatic carbocycles. The summed E-state index contributed by atoms with van der Waals surface area (Å²) in [6, 6.07) is 4.69. The molecule has 2 aromatic heterocycles. The number of aromatic nitrogens is 3. The lowest BCUT2D eigenvalue weighted by Crippen LogP contribution is -2.50. The molecular formula is C15H16N6O4. The van der Waals surface area contributed by atoms with Gasteiger partial charge in [0.05, 0.1) is 0 Å². The molecule has 10 nitrogen and oxygen atoms in total. The fourth-order valence-corrected chi connectivity index (χ4v) is 2.47. The van der Waals surface area contributed by atoms with Gasteiger partial charge < -0.3 is 24.7 Å². The number of amides is 1. The quantitative estimate of drug-likeness (QED) is 0.569. The maximum atomic E-state index is 12.3. The van der Waals surface area contributed by atoms with Crippen LogP contribution >= 0.6 is 0 Å². The lowest BCUT2D eigenvalue weighted by Gasteiger charge is -2.34. The van der Waals surface area contributed by atoms with E-state index >= 15 is 0 Å². The smallest absolute Gasteiger partial charge is 0.406 e. The van der Waals surface area contributed by atoms with Gasteiger partial charge >= 0.3 is 5.82 Å². The number of pyridine rings is 1. The fraction of sp³-hybridized carbons (Fsp3) is 0.333. The van der Waals surface area contributed by atoms with Gasteiger partial charge in [0.1, 0.15) is 6.20 Å². The van der Waals surface area contributed by atoms with E-state index in [0.29, 0.717) is 32.1 Å². The summed E-state index contributed by atoms with van der Waals surface area (Å²) in [5.74, 6) is -0.0119. The minimum Gasteiger partial charge on any atom is -0.476 e. The maximum Gasteiger partial charge on any atom is 0.406 e. The molecule has 3 heterocycles. The molecule has 2 aromatic rings. The van der Waals surface area contributed by atoms with Crippen molar-refractivity contribution in [1.82, 2.24) is 19.9 Å². The second-order valence-electron chi connectivity index (χ2n) is 5.29. The number of rotatable bonds is 5. The van der Waals surface area contributed by atoms with Gasteiger partial charge in [-0.2, -0.15) is 0 Å². The molecule has 1 saturated heterocycles. The highest BCUT2D eigenvalue weighted by molar-refractivity contribution is 5.78. The second-order valence-corrected chi connectivity index (χ2v) is 5.29. The monoisotopic (exact) mass is 344 g/mol. The van der Waals surface area contributed by atoms with Crippen molar-refractivity contribution < 1.29 is 14.5 Å². The number of ether oxygens (including phenoxy) is 1. The van der Waals surface area contributed by atoms with Crippen LogP contribution in [0.4, 0.5) is 11.8 Å². The molecule has 3 rings (SSSR count). The van der Waals surface area contributed by atoms with Crippen LogP contribution in [-0.4, -0.2) is 63.5 Å². The van der Waals surface area contributed by atoms with Crippen LogP contribution in [0, 0.1) is 10.1 Å². The van der Waals surface area contributed by atoms with Crippen LogP contribution in [0.2, 0.25) is 0 Å². The largest absolute Gasteiger partial charge is 0.476 e. The van der Waals surface area contributed by atoms with E-state index in [0.717, 1.165) is 0 Å². The first-order valence-electron chi connectivity index (χ1n) is 7.67. The van der Waals surface area contributed by atoms with Crippen molar-refractivity contribution in [3.8, 4) is 5.75 Å². The molecule has 1 aliphatic heterocycles. The van der Waals surface area contributed by atoms with Gasteiger partial charge in [-0.1, -0.05) is 0 Å². The number of nitro groups is 1. The Morgan fingerprint density at radius 1 is 1.12 bits per heavy atom. The summed E-state index contributed by atoms with van der Waals surface area (Å²) in [6.45, 7) is 1.98. The minimum atomic E-state index is -0.640. The summed E-state index contributed by atoms with van der Waals surface area (Å²) in [6.07, 6.45) is 4.65. The normalized spacial score (nSPS) is 14.2. The van der Waals surface area contributed by atoms with E-state index in [9.17, 15) is 14.9 Å². The molecule has 1 aliphatic rings. The molecule has 130 valence electrons. The van der Waals surface area contributed by atoms with Gasteiger partial charge in [0, 0.05) is 38.6 Å². The zero-order valence-electron chi connectivity index (χ0n) is 13.3. The van der Waals surface area contributed by atoms with Crippen molar-refractivity contribution in [3.05, 3.63) is 46.9 Å². The molecule has 1 amide bonds. The molecule has 10 heteroatoms. The zero-order valence-corrected chi connectivity index (χ0v) is 13.3. The molecule has 0 atom stereocenters. The van der Waals surface area contributed by atoms with Gasteiger partial charge in [-0.25, -0.2) is 9.97 Å². The first-order valence-corrected chi connectivity index (χ1v) is 7.67. The standard InChI is InChI=1S/C15H16N6O4/c22-13(11-25-12-3-1-4-16-14(12)21(23)24)19-7-9-20(10-8-19)15-17-5-2-6-18-15/h1-6H,7-11H2. The van der Waals surface area contributed by atoms with Crippen LogP contribution in [0.15, 0.2) is 36.8 Å². The third kappa shape index (κ3) is 3.97. The van der Waals surface area contributed by atoms with Gasteiger partial charge in [-0.05, 0) is 28.1 Å². The molecule has 0 unspecified atom stereocenters. The lowest BCUT2D eigenvalue weighted by molar-refractivity contribution is -0.390. The number of hydrogen-bond acceptors (Lipinski definition) is 8. The van der Waals surface area contributed by atoms with Gasteiger partial charge in [0.15, 0.2) is 6.61 Å². The predicted octanol–water partition coefficient (Wildman–Crippen LogP) is 0.507. The number of carbonyl (C=O) groups is 1. The van der Waals surface area contributed by atoms with E-state index in [1.54, 1.807) is 23.4 Å². The van der Waals surface area contributed by atoms with Crippen LogP contribution in [0.1, 0.15) is 0 Å². The molecule has 25 heavy (non-hydrogen) atoms. The van der Waals surface area contributed by atoms with Crippen molar-refractivity contribution in [1.29, 1.82) is 0 Å². The Kier molecular flexibility index (Phi) is 4.97. The summed E-state index contributed by atoms with van der Waals surface area (Å²) >= 11 is 0. The Balaban J connectivity index is 1.53. The van der Waals surface area contributed by atoms with Gasteiger partial charge in [-0.15, -0.1) is 0 Å². The molecule has 0 saturated carbocycles. The number of anilines is 1. The molecule has 0 aromatic carbocycles. The predicted molar refractivity (Wildman–Crippen MR) is 87.2 cm³/mol. The number of nitrogens with zero attached hydrogens (tertiary/aromatic N) is 6. The molecule has 1 fully saturated rings. The maximum absolute atomic E-state index is 12.3. The van der Waals surface area contributed by atoms with Gasteiger partial charge in [0.25, 0.3) is 5.91 Å².